The third kappa shape index (κ3) is 3.35. The quantitative estimate of drug-likeness (QED) is 0.739. The summed E-state index contributed by atoms with van der Waals surface area (Å²) in [6.07, 6.45) is -4.51. The first-order valence-electron chi connectivity index (χ1n) is 7.83. The van der Waals surface area contributed by atoms with Crippen molar-refractivity contribution in [2.45, 2.75) is 18.4 Å². The number of aliphatic hydroxyl groups excluding tert-OH is 1. The van der Waals surface area contributed by atoms with Crippen molar-refractivity contribution in [3.05, 3.63) is 64.7 Å². The van der Waals surface area contributed by atoms with Gasteiger partial charge in [0.1, 0.15) is 18.0 Å². The minimum atomic E-state index is -4.51. The van der Waals surface area contributed by atoms with Crippen LogP contribution in [0.25, 0.3) is 0 Å². The molecule has 0 aliphatic carbocycles. The molecule has 2 aromatic carbocycles. The Balaban J connectivity index is 2.16. The van der Waals surface area contributed by atoms with Gasteiger partial charge in [-0.15, -0.1) is 0 Å². The normalized spacial score (nSPS) is 19.6. The summed E-state index contributed by atoms with van der Waals surface area (Å²) < 4.78 is 45.1. The Hall–Kier alpha value is -2.09. The second kappa shape index (κ2) is 6.67. The highest BCUT2D eigenvalue weighted by Crippen LogP contribution is 2.42. The zero-order valence-corrected chi connectivity index (χ0v) is 13.3. The monoisotopic (exact) mass is 353 g/mol. The van der Waals surface area contributed by atoms with E-state index < -0.39 is 17.3 Å². The Morgan fingerprint density at radius 2 is 1.88 bits per heavy atom. The van der Waals surface area contributed by atoms with Crippen LogP contribution in [-0.2, 0) is 18.4 Å². The number of nitrogens with one attached hydrogen (secondary N) is 1. The lowest BCUT2D eigenvalue weighted by atomic mass is 9.83. The molecule has 0 bridgehead atoms. The van der Waals surface area contributed by atoms with Crippen molar-refractivity contribution < 1.29 is 28.1 Å². The summed E-state index contributed by atoms with van der Waals surface area (Å²) in [6, 6.07) is 10.0. The smallest absolute Gasteiger partial charge is 0.416 e. The molecule has 0 fully saturated rings. The molecule has 3 N–H and O–H groups in total. The van der Waals surface area contributed by atoms with Crippen LogP contribution in [-0.4, -0.2) is 29.9 Å². The molecule has 3 rings (SSSR count). The predicted octanol–water partition coefficient (Wildman–Crippen LogP) is 2.42. The van der Waals surface area contributed by atoms with E-state index >= 15 is 0 Å². The SMILES string of the molecule is OCCNCC1(O)c2cc(C(F)(F)F)ccc2COc2ccccc21. The number of halogens is 3. The Morgan fingerprint density at radius 3 is 2.60 bits per heavy atom. The van der Waals surface area contributed by atoms with E-state index in [0.29, 0.717) is 16.9 Å². The van der Waals surface area contributed by atoms with Gasteiger partial charge >= 0.3 is 6.18 Å². The summed E-state index contributed by atoms with van der Waals surface area (Å²) in [5.74, 6) is 0.417. The number of para-hydroxylation sites is 1. The van der Waals surface area contributed by atoms with Crippen molar-refractivity contribution in [1.29, 1.82) is 0 Å². The number of hydrogen-bond acceptors (Lipinski definition) is 4. The minimum Gasteiger partial charge on any atom is -0.488 e. The van der Waals surface area contributed by atoms with Gasteiger partial charge in [-0.2, -0.15) is 13.2 Å². The first-order valence-corrected chi connectivity index (χ1v) is 7.83. The molecule has 0 saturated carbocycles. The van der Waals surface area contributed by atoms with Crippen molar-refractivity contribution in [1.82, 2.24) is 5.32 Å². The number of ether oxygens (including phenoxy) is 1. The molecule has 1 unspecified atom stereocenters. The highest BCUT2D eigenvalue weighted by atomic mass is 19.4. The van der Waals surface area contributed by atoms with Crippen molar-refractivity contribution in [2.24, 2.45) is 0 Å². The zero-order valence-electron chi connectivity index (χ0n) is 13.3. The molecule has 2 aromatic rings. The van der Waals surface area contributed by atoms with Gasteiger partial charge in [-0.25, -0.2) is 0 Å². The fourth-order valence-corrected chi connectivity index (χ4v) is 3.04. The van der Waals surface area contributed by atoms with Gasteiger partial charge in [0, 0.05) is 18.7 Å². The van der Waals surface area contributed by atoms with Gasteiger partial charge in [0.25, 0.3) is 0 Å². The number of rotatable bonds is 4. The summed E-state index contributed by atoms with van der Waals surface area (Å²) in [6.45, 7) is 0.0678. The van der Waals surface area contributed by atoms with E-state index in [4.69, 9.17) is 9.84 Å². The molecule has 7 heteroatoms. The molecule has 4 nitrogen and oxygen atoms in total. The van der Waals surface area contributed by atoms with Gasteiger partial charge in [-0.05, 0) is 29.3 Å². The van der Waals surface area contributed by atoms with Crippen LogP contribution in [0.4, 0.5) is 13.2 Å². The van der Waals surface area contributed by atoms with Crippen molar-refractivity contribution >= 4 is 0 Å². The van der Waals surface area contributed by atoms with Gasteiger partial charge in [-0.3, -0.25) is 0 Å². The molecule has 1 heterocycles. The molecule has 25 heavy (non-hydrogen) atoms. The van der Waals surface area contributed by atoms with Crippen LogP contribution in [0.2, 0.25) is 0 Å². The van der Waals surface area contributed by atoms with E-state index in [1.165, 1.54) is 6.07 Å². The first-order chi connectivity index (χ1) is 11.9. The number of aliphatic hydroxyl groups is 2. The highest BCUT2D eigenvalue weighted by Gasteiger charge is 2.40. The fourth-order valence-electron chi connectivity index (χ4n) is 3.04. The van der Waals surface area contributed by atoms with Crippen LogP contribution in [0.5, 0.6) is 5.75 Å². The van der Waals surface area contributed by atoms with E-state index in [2.05, 4.69) is 5.32 Å². The average molecular weight is 353 g/mol. The third-order valence-electron chi connectivity index (χ3n) is 4.27. The maximum absolute atomic E-state index is 13.2. The van der Waals surface area contributed by atoms with Crippen LogP contribution in [0.1, 0.15) is 22.3 Å². The van der Waals surface area contributed by atoms with E-state index in [-0.39, 0.29) is 31.9 Å². The molecule has 0 saturated heterocycles. The van der Waals surface area contributed by atoms with Gasteiger partial charge < -0.3 is 20.3 Å². The van der Waals surface area contributed by atoms with Crippen LogP contribution in [0.15, 0.2) is 42.5 Å². The largest absolute Gasteiger partial charge is 0.488 e. The van der Waals surface area contributed by atoms with E-state index in [0.717, 1.165) is 12.1 Å². The average Bonchev–Trinajstić information content (AvgIpc) is 2.70. The Labute approximate surface area is 142 Å². The van der Waals surface area contributed by atoms with Crippen LogP contribution in [0.3, 0.4) is 0 Å². The maximum Gasteiger partial charge on any atom is 0.416 e. The third-order valence-corrected chi connectivity index (χ3v) is 4.27. The van der Waals surface area contributed by atoms with Gasteiger partial charge in [0.2, 0.25) is 0 Å². The Kier molecular flexibility index (Phi) is 4.73. The Bertz CT molecular complexity index is 763. The summed E-state index contributed by atoms with van der Waals surface area (Å²) in [5.41, 5.74) is -1.52. The first kappa shape index (κ1) is 17.7. The van der Waals surface area contributed by atoms with Gasteiger partial charge in [-0.1, -0.05) is 24.3 Å². The summed E-state index contributed by atoms with van der Waals surface area (Å²) >= 11 is 0. The van der Waals surface area contributed by atoms with E-state index in [1.54, 1.807) is 24.3 Å². The van der Waals surface area contributed by atoms with Crippen LogP contribution in [0, 0.1) is 0 Å². The minimum absolute atomic E-state index is 0.0533. The Morgan fingerprint density at radius 1 is 1.12 bits per heavy atom. The van der Waals surface area contributed by atoms with Crippen molar-refractivity contribution in [2.75, 3.05) is 19.7 Å². The zero-order chi connectivity index (χ0) is 18.1. The molecular weight excluding hydrogens is 335 g/mol. The second-order valence-corrected chi connectivity index (χ2v) is 5.92. The fraction of sp³-hybridized carbons (Fsp3) is 0.333. The highest BCUT2D eigenvalue weighted by molar-refractivity contribution is 5.51. The predicted molar refractivity (Wildman–Crippen MR) is 85.2 cm³/mol. The van der Waals surface area contributed by atoms with Gasteiger partial charge in [0.05, 0.1) is 12.2 Å². The lowest BCUT2D eigenvalue weighted by Crippen LogP contribution is -2.40. The van der Waals surface area contributed by atoms with Gasteiger partial charge in [0.15, 0.2) is 0 Å². The topological polar surface area (TPSA) is 61.7 Å². The van der Waals surface area contributed by atoms with Crippen molar-refractivity contribution in [3.63, 3.8) is 0 Å². The molecule has 0 radical (unpaired) electrons. The lowest BCUT2D eigenvalue weighted by Gasteiger charge is -2.30. The molecule has 134 valence electrons. The maximum atomic E-state index is 13.2. The van der Waals surface area contributed by atoms with E-state index in [9.17, 15) is 18.3 Å². The molecule has 1 atom stereocenters. The van der Waals surface area contributed by atoms with Crippen LogP contribution >= 0.6 is 0 Å². The number of hydrogen-bond donors (Lipinski definition) is 3. The molecule has 0 aromatic heterocycles. The molecular formula is C18H18F3NO3. The number of alkyl halides is 3. The standard InChI is InChI=1S/C18H18F3NO3/c19-18(20,21)13-6-5-12-10-25-16-4-2-1-3-14(16)17(24,15(12)9-13)11-22-7-8-23/h1-6,9,22-24H,7-8,10-11H2. The summed E-state index contributed by atoms with van der Waals surface area (Å²) in [4.78, 5) is 0. The molecule has 0 spiro atoms. The van der Waals surface area contributed by atoms with E-state index in [1.807, 2.05) is 0 Å². The number of benzene rings is 2. The summed E-state index contributed by atoms with van der Waals surface area (Å²) in [5, 5.41) is 23.2. The number of fused-ring (bicyclic) bond motifs is 2. The molecule has 1 aliphatic rings. The summed E-state index contributed by atoms with van der Waals surface area (Å²) in [7, 11) is 0. The molecule has 0 amide bonds. The van der Waals surface area contributed by atoms with Crippen LogP contribution < -0.4 is 10.1 Å². The van der Waals surface area contributed by atoms with Crippen molar-refractivity contribution in [3.8, 4) is 5.75 Å². The second-order valence-electron chi connectivity index (χ2n) is 5.92. The lowest BCUT2D eigenvalue weighted by molar-refractivity contribution is -0.137. The molecule has 1 aliphatic heterocycles.